The summed E-state index contributed by atoms with van der Waals surface area (Å²) >= 11 is 0. The number of rotatable bonds is 21. The van der Waals surface area contributed by atoms with E-state index in [4.69, 9.17) is 0 Å². The Hall–Kier alpha value is -0.530. The molecule has 0 aromatic heterocycles. The minimum Gasteiger partial charge on any atom is -0.343 e. The van der Waals surface area contributed by atoms with Gasteiger partial charge < -0.3 is 4.90 Å². The summed E-state index contributed by atoms with van der Waals surface area (Å²) in [6, 6.07) is 0. The number of carbonyl (C=O) groups excluding carboxylic acids is 1. The van der Waals surface area contributed by atoms with Crippen LogP contribution in [0.2, 0.25) is 0 Å². The van der Waals surface area contributed by atoms with Gasteiger partial charge in [0.25, 0.3) is 0 Å². The molecule has 0 heterocycles. The largest absolute Gasteiger partial charge is 0.343 e. The summed E-state index contributed by atoms with van der Waals surface area (Å²) in [5, 5.41) is 0. The molecule has 0 aliphatic rings. The van der Waals surface area contributed by atoms with Crippen molar-refractivity contribution in [2.75, 3.05) is 13.1 Å². The number of unbranched alkanes of at least 4 members (excludes halogenated alkanes) is 17. The minimum atomic E-state index is 0.336. The lowest BCUT2D eigenvalue weighted by Gasteiger charge is -2.18. The Labute approximate surface area is 192 Å². The summed E-state index contributed by atoms with van der Waals surface area (Å²) in [6.45, 7) is 12.6. The Morgan fingerprint density at radius 1 is 0.433 bits per heavy atom. The topological polar surface area (TPSA) is 20.3 Å². The van der Waals surface area contributed by atoms with Crippen LogP contribution in [0.5, 0.6) is 0 Å². The molecule has 2 heteroatoms. The number of hydrogen-bond acceptors (Lipinski definition) is 1. The highest BCUT2D eigenvalue weighted by atomic mass is 16.2. The van der Waals surface area contributed by atoms with Gasteiger partial charge in [0.15, 0.2) is 0 Å². The van der Waals surface area contributed by atoms with E-state index in [0.29, 0.717) is 5.91 Å². The van der Waals surface area contributed by atoms with Crippen molar-refractivity contribution in [3.05, 3.63) is 0 Å². The van der Waals surface area contributed by atoms with Gasteiger partial charge in [-0.1, -0.05) is 136 Å². The van der Waals surface area contributed by atoms with E-state index in [9.17, 15) is 4.79 Å². The fourth-order valence-electron chi connectivity index (χ4n) is 3.88. The normalized spacial score (nSPS) is 10.6. The molecular formula is C28H59NO. The van der Waals surface area contributed by atoms with Gasteiger partial charge in [0.05, 0.1) is 0 Å². The second-order valence-corrected chi connectivity index (χ2v) is 8.97. The predicted molar refractivity (Wildman–Crippen MR) is 137 cm³/mol. The minimum absolute atomic E-state index is 0.336. The van der Waals surface area contributed by atoms with Crippen molar-refractivity contribution in [3.63, 3.8) is 0 Å². The van der Waals surface area contributed by atoms with E-state index in [1.807, 2.05) is 4.90 Å². The molecule has 0 saturated carbocycles. The van der Waals surface area contributed by atoms with Gasteiger partial charge >= 0.3 is 0 Å². The SMILES string of the molecule is CCCCCCCCCCCC.CCCCCCCCCCCC(=O)N(CC)CC. The Morgan fingerprint density at radius 2 is 0.700 bits per heavy atom. The van der Waals surface area contributed by atoms with E-state index < -0.39 is 0 Å². The second-order valence-electron chi connectivity index (χ2n) is 8.97. The summed E-state index contributed by atoms with van der Waals surface area (Å²) in [5.41, 5.74) is 0. The molecule has 0 N–H and O–H groups in total. The van der Waals surface area contributed by atoms with Crippen LogP contribution in [0.3, 0.4) is 0 Å². The maximum atomic E-state index is 11.7. The van der Waals surface area contributed by atoms with Gasteiger partial charge in [0, 0.05) is 19.5 Å². The first-order valence-corrected chi connectivity index (χ1v) is 13.9. The van der Waals surface area contributed by atoms with Gasteiger partial charge in [-0.05, 0) is 20.3 Å². The number of nitrogens with zero attached hydrogens (tertiary/aromatic N) is 1. The highest BCUT2D eigenvalue weighted by Gasteiger charge is 2.07. The lowest BCUT2D eigenvalue weighted by Crippen LogP contribution is -2.30. The third-order valence-corrected chi connectivity index (χ3v) is 6.07. The lowest BCUT2D eigenvalue weighted by atomic mass is 10.1. The van der Waals surface area contributed by atoms with Gasteiger partial charge in [-0.3, -0.25) is 4.79 Å². The maximum Gasteiger partial charge on any atom is 0.222 e. The van der Waals surface area contributed by atoms with Crippen LogP contribution in [-0.2, 0) is 4.79 Å². The van der Waals surface area contributed by atoms with E-state index >= 15 is 0 Å². The molecule has 0 bridgehead atoms. The molecule has 0 saturated heterocycles. The van der Waals surface area contributed by atoms with Crippen LogP contribution in [-0.4, -0.2) is 23.9 Å². The lowest BCUT2D eigenvalue weighted by molar-refractivity contribution is -0.130. The van der Waals surface area contributed by atoms with Crippen LogP contribution in [0.1, 0.15) is 163 Å². The highest BCUT2D eigenvalue weighted by Crippen LogP contribution is 2.11. The maximum absolute atomic E-state index is 11.7. The third kappa shape index (κ3) is 25.5. The number of amides is 1. The fourth-order valence-corrected chi connectivity index (χ4v) is 3.88. The molecule has 182 valence electrons. The Kier molecular flexibility index (Phi) is 30.0. The van der Waals surface area contributed by atoms with E-state index in [2.05, 4.69) is 34.6 Å². The van der Waals surface area contributed by atoms with Crippen molar-refractivity contribution in [2.45, 2.75) is 163 Å². The molecule has 1 amide bonds. The molecular weight excluding hydrogens is 366 g/mol. The average Bonchev–Trinajstić information content (AvgIpc) is 2.76. The molecule has 2 nitrogen and oxygen atoms in total. The standard InChI is InChI=1S/C16H33NO.C12H26/c1-4-7-8-9-10-11-12-13-14-15-16(18)17(5-2)6-3;1-3-5-7-9-11-12-10-8-6-4-2/h4-15H2,1-3H3;3-12H2,1-2H3. The van der Waals surface area contributed by atoms with Crippen LogP contribution in [0.4, 0.5) is 0 Å². The van der Waals surface area contributed by atoms with Crippen molar-refractivity contribution in [2.24, 2.45) is 0 Å². The van der Waals surface area contributed by atoms with Crippen molar-refractivity contribution in [3.8, 4) is 0 Å². The molecule has 0 rings (SSSR count). The summed E-state index contributed by atoms with van der Waals surface area (Å²) in [5.74, 6) is 0.336. The number of carbonyl (C=O) groups is 1. The number of hydrogen-bond donors (Lipinski definition) is 0. The zero-order valence-electron chi connectivity index (χ0n) is 21.9. The molecule has 0 atom stereocenters. The molecule has 0 aliphatic heterocycles. The monoisotopic (exact) mass is 425 g/mol. The van der Waals surface area contributed by atoms with Crippen LogP contribution >= 0.6 is 0 Å². The summed E-state index contributed by atoms with van der Waals surface area (Å²) < 4.78 is 0. The fraction of sp³-hybridized carbons (Fsp3) is 0.964. The zero-order chi connectivity index (χ0) is 22.7. The molecule has 30 heavy (non-hydrogen) atoms. The highest BCUT2D eigenvalue weighted by molar-refractivity contribution is 5.75. The quantitative estimate of drug-likeness (QED) is 0.168. The average molecular weight is 426 g/mol. The van der Waals surface area contributed by atoms with Gasteiger partial charge in [-0.25, -0.2) is 0 Å². The van der Waals surface area contributed by atoms with Crippen molar-refractivity contribution < 1.29 is 4.79 Å². The van der Waals surface area contributed by atoms with E-state index in [1.54, 1.807) is 0 Å². The first kappa shape index (κ1) is 31.7. The van der Waals surface area contributed by atoms with Crippen LogP contribution in [0, 0.1) is 0 Å². The van der Waals surface area contributed by atoms with Crippen LogP contribution < -0.4 is 0 Å². The van der Waals surface area contributed by atoms with Crippen molar-refractivity contribution in [1.29, 1.82) is 0 Å². The Bertz CT molecular complexity index is 302. The molecule has 0 aromatic carbocycles. The molecule has 0 unspecified atom stereocenters. The molecule has 0 fully saturated rings. The van der Waals surface area contributed by atoms with Crippen molar-refractivity contribution in [1.82, 2.24) is 4.90 Å². The van der Waals surface area contributed by atoms with Gasteiger partial charge in [0.2, 0.25) is 5.91 Å². The molecule has 0 aromatic rings. The molecule has 0 spiro atoms. The van der Waals surface area contributed by atoms with Crippen LogP contribution in [0.15, 0.2) is 0 Å². The first-order valence-electron chi connectivity index (χ1n) is 13.9. The van der Waals surface area contributed by atoms with Crippen LogP contribution in [0.25, 0.3) is 0 Å². The Balaban J connectivity index is 0. The van der Waals surface area contributed by atoms with Crippen molar-refractivity contribution >= 4 is 5.91 Å². The predicted octanol–water partition coefficient (Wildman–Crippen LogP) is 9.70. The molecule has 0 radical (unpaired) electrons. The third-order valence-electron chi connectivity index (χ3n) is 6.07. The van der Waals surface area contributed by atoms with E-state index in [1.165, 1.54) is 116 Å². The van der Waals surface area contributed by atoms with Gasteiger partial charge in [-0.2, -0.15) is 0 Å². The summed E-state index contributed by atoms with van der Waals surface area (Å²) in [6.07, 6.45) is 27.0. The second kappa shape index (κ2) is 28.5. The smallest absolute Gasteiger partial charge is 0.222 e. The molecule has 0 aliphatic carbocycles. The van der Waals surface area contributed by atoms with Gasteiger partial charge in [-0.15, -0.1) is 0 Å². The summed E-state index contributed by atoms with van der Waals surface area (Å²) in [7, 11) is 0. The first-order chi connectivity index (χ1) is 14.7. The van der Waals surface area contributed by atoms with Gasteiger partial charge in [0.1, 0.15) is 0 Å². The zero-order valence-corrected chi connectivity index (χ0v) is 21.9. The van der Waals surface area contributed by atoms with E-state index in [-0.39, 0.29) is 0 Å². The Morgan fingerprint density at radius 3 is 0.967 bits per heavy atom. The van der Waals surface area contributed by atoms with E-state index in [0.717, 1.165) is 25.9 Å². The summed E-state index contributed by atoms with van der Waals surface area (Å²) in [4.78, 5) is 13.7.